The molecule has 2 N–H and O–H groups in total. The molecule has 0 saturated heterocycles. The number of ether oxygens (including phenoxy) is 1. The summed E-state index contributed by atoms with van der Waals surface area (Å²) >= 11 is 0. The third-order valence-electron chi connectivity index (χ3n) is 3.81. The minimum Gasteiger partial charge on any atom is -0.490 e. The van der Waals surface area contributed by atoms with Gasteiger partial charge in [-0.25, -0.2) is 0 Å². The number of hydrogen-bond acceptors (Lipinski definition) is 3. The van der Waals surface area contributed by atoms with Crippen LogP contribution in [0, 0.1) is 5.92 Å². The molecule has 2 atom stereocenters. The zero-order valence-electron chi connectivity index (χ0n) is 12.7. The van der Waals surface area contributed by atoms with E-state index < -0.39 is 5.60 Å². The van der Waals surface area contributed by atoms with E-state index in [9.17, 15) is 5.11 Å². The Morgan fingerprint density at radius 1 is 1.32 bits per heavy atom. The maximum Gasteiger partial charge on any atom is 0.124 e. The van der Waals surface area contributed by atoms with Crippen molar-refractivity contribution in [3.05, 3.63) is 29.8 Å². The molecule has 0 fully saturated rings. The third kappa shape index (κ3) is 4.22. The van der Waals surface area contributed by atoms with Crippen LogP contribution in [0.4, 0.5) is 0 Å². The zero-order valence-corrected chi connectivity index (χ0v) is 12.7. The van der Waals surface area contributed by atoms with Crippen molar-refractivity contribution in [2.24, 2.45) is 5.92 Å². The molecule has 1 aromatic carbocycles. The van der Waals surface area contributed by atoms with Crippen molar-refractivity contribution in [3.63, 3.8) is 0 Å². The number of nitrogens with one attached hydrogen (secondary N) is 1. The first-order valence-corrected chi connectivity index (χ1v) is 7.03. The normalized spacial score (nSPS) is 16.2. The van der Waals surface area contributed by atoms with E-state index >= 15 is 0 Å². The first kappa shape index (κ1) is 16.0. The fraction of sp³-hybridized carbons (Fsp3) is 0.625. The summed E-state index contributed by atoms with van der Waals surface area (Å²) in [5.41, 5.74) is 0.334. The van der Waals surface area contributed by atoms with Crippen LogP contribution < -0.4 is 10.1 Å². The van der Waals surface area contributed by atoms with Gasteiger partial charge in [-0.05, 0) is 32.4 Å². The molecule has 3 nitrogen and oxygen atoms in total. The summed E-state index contributed by atoms with van der Waals surface area (Å²) in [5, 5.41) is 13.5. The highest BCUT2D eigenvalue weighted by atomic mass is 16.5. The predicted molar refractivity (Wildman–Crippen MR) is 79.5 cm³/mol. The molecule has 0 spiro atoms. The van der Waals surface area contributed by atoms with Crippen molar-refractivity contribution in [2.45, 2.75) is 45.8 Å². The van der Waals surface area contributed by atoms with Gasteiger partial charge in [0.1, 0.15) is 12.4 Å². The summed E-state index contributed by atoms with van der Waals surface area (Å²) in [6, 6.07) is 8.30. The summed E-state index contributed by atoms with van der Waals surface area (Å²) in [7, 11) is 1.95. The standard InChI is InChI=1S/C16H27NO2/c1-6-14(17-5)13-9-7-8-10-15(13)19-11-16(4,18)12(2)3/h7-10,12,14,17-18H,6,11H2,1-5H3. The lowest BCUT2D eigenvalue weighted by atomic mass is 9.93. The quantitative estimate of drug-likeness (QED) is 0.796. The SMILES string of the molecule is CCC(NC)c1ccccc1OCC(C)(O)C(C)C. The van der Waals surface area contributed by atoms with Crippen LogP contribution in [0.2, 0.25) is 0 Å². The maximum atomic E-state index is 10.3. The van der Waals surface area contributed by atoms with Crippen LogP contribution in [0.15, 0.2) is 24.3 Å². The molecular weight excluding hydrogens is 238 g/mol. The van der Waals surface area contributed by atoms with E-state index in [1.807, 2.05) is 46.0 Å². The Hall–Kier alpha value is -1.06. The lowest BCUT2D eigenvalue weighted by Gasteiger charge is -2.28. The Kier molecular flexibility index (Phi) is 5.83. The lowest BCUT2D eigenvalue weighted by Crippen LogP contribution is -2.38. The smallest absolute Gasteiger partial charge is 0.124 e. The van der Waals surface area contributed by atoms with Gasteiger partial charge in [0.25, 0.3) is 0 Å². The fourth-order valence-corrected chi connectivity index (χ4v) is 1.87. The highest BCUT2D eigenvalue weighted by molar-refractivity contribution is 5.36. The summed E-state index contributed by atoms with van der Waals surface area (Å²) in [5.74, 6) is 1.01. The molecule has 1 rings (SSSR count). The number of hydrogen-bond donors (Lipinski definition) is 2. The summed E-state index contributed by atoms with van der Waals surface area (Å²) in [4.78, 5) is 0. The molecule has 3 heteroatoms. The lowest BCUT2D eigenvalue weighted by molar-refractivity contribution is -0.0269. The van der Waals surface area contributed by atoms with Crippen LogP contribution in [0.1, 0.15) is 45.7 Å². The van der Waals surface area contributed by atoms with Gasteiger partial charge in [0.05, 0.1) is 5.60 Å². The van der Waals surface area contributed by atoms with Gasteiger partial charge < -0.3 is 15.2 Å². The Morgan fingerprint density at radius 2 is 1.95 bits per heavy atom. The maximum absolute atomic E-state index is 10.3. The van der Waals surface area contributed by atoms with Crippen LogP contribution in [-0.4, -0.2) is 24.4 Å². The van der Waals surface area contributed by atoms with Gasteiger partial charge in [0.15, 0.2) is 0 Å². The van der Waals surface area contributed by atoms with Crippen molar-refractivity contribution in [1.82, 2.24) is 5.32 Å². The topological polar surface area (TPSA) is 41.5 Å². The van der Waals surface area contributed by atoms with Crippen molar-refractivity contribution in [3.8, 4) is 5.75 Å². The summed E-state index contributed by atoms with van der Waals surface area (Å²) in [6.07, 6.45) is 0.997. The van der Waals surface area contributed by atoms with Crippen molar-refractivity contribution in [1.29, 1.82) is 0 Å². The number of benzene rings is 1. The second kappa shape index (κ2) is 6.92. The molecule has 0 aromatic heterocycles. The largest absolute Gasteiger partial charge is 0.490 e. The van der Waals surface area contributed by atoms with Gasteiger partial charge in [-0.2, -0.15) is 0 Å². The number of aliphatic hydroxyl groups is 1. The van der Waals surface area contributed by atoms with Gasteiger partial charge in [0, 0.05) is 11.6 Å². The van der Waals surface area contributed by atoms with E-state index in [0.717, 1.165) is 17.7 Å². The van der Waals surface area contributed by atoms with Gasteiger partial charge in [0.2, 0.25) is 0 Å². The Balaban J connectivity index is 2.84. The Bertz CT molecular complexity index is 384. The van der Waals surface area contributed by atoms with Crippen molar-refractivity contribution < 1.29 is 9.84 Å². The van der Waals surface area contributed by atoms with Gasteiger partial charge in [-0.3, -0.25) is 0 Å². The average molecular weight is 265 g/mol. The molecule has 108 valence electrons. The molecule has 0 heterocycles. The molecule has 2 unspecified atom stereocenters. The summed E-state index contributed by atoms with van der Waals surface area (Å²) < 4.78 is 5.86. The molecule has 0 bridgehead atoms. The molecule has 0 aliphatic carbocycles. The Morgan fingerprint density at radius 3 is 2.47 bits per heavy atom. The molecule has 0 aliphatic heterocycles. The monoisotopic (exact) mass is 265 g/mol. The van der Waals surface area contributed by atoms with E-state index in [-0.39, 0.29) is 12.0 Å². The van der Waals surface area contributed by atoms with E-state index in [1.165, 1.54) is 0 Å². The third-order valence-corrected chi connectivity index (χ3v) is 3.81. The van der Waals surface area contributed by atoms with E-state index in [4.69, 9.17) is 4.74 Å². The van der Waals surface area contributed by atoms with Crippen LogP contribution in [-0.2, 0) is 0 Å². The molecule has 0 aliphatic rings. The fourth-order valence-electron chi connectivity index (χ4n) is 1.87. The molecule has 1 aromatic rings. The van der Waals surface area contributed by atoms with Crippen LogP contribution >= 0.6 is 0 Å². The first-order valence-electron chi connectivity index (χ1n) is 7.03. The van der Waals surface area contributed by atoms with Crippen LogP contribution in [0.25, 0.3) is 0 Å². The highest BCUT2D eigenvalue weighted by Gasteiger charge is 2.26. The number of para-hydroxylation sites is 1. The zero-order chi connectivity index (χ0) is 14.5. The molecule has 0 amide bonds. The van der Waals surface area contributed by atoms with Gasteiger partial charge in [-0.15, -0.1) is 0 Å². The molecule has 0 saturated carbocycles. The highest BCUT2D eigenvalue weighted by Crippen LogP contribution is 2.28. The Labute approximate surface area is 117 Å². The average Bonchev–Trinajstić information content (AvgIpc) is 2.39. The summed E-state index contributed by atoms with van der Waals surface area (Å²) in [6.45, 7) is 8.26. The van der Waals surface area contributed by atoms with E-state index in [0.29, 0.717) is 6.61 Å². The molecular formula is C16H27NO2. The minimum atomic E-state index is -0.811. The predicted octanol–water partition coefficient (Wildman–Crippen LogP) is 3.14. The second-order valence-corrected chi connectivity index (χ2v) is 5.59. The van der Waals surface area contributed by atoms with Crippen LogP contribution in [0.3, 0.4) is 0 Å². The molecule has 0 radical (unpaired) electrons. The van der Waals surface area contributed by atoms with E-state index in [2.05, 4.69) is 18.3 Å². The van der Waals surface area contributed by atoms with Crippen LogP contribution in [0.5, 0.6) is 5.75 Å². The number of rotatable bonds is 7. The first-order chi connectivity index (χ1) is 8.92. The van der Waals surface area contributed by atoms with Crippen molar-refractivity contribution in [2.75, 3.05) is 13.7 Å². The van der Waals surface area contributed by atoms with Gasteiger partial charge in [-0.1, -0.05) is 39.0 Å². The molecule has 19 heavy (non-hydrogen) atoms. The van der Waals surface area contributed by atoms with Gasteiger partial charge >= 0.3 is 0 Å². The second-order valence-electron chi connectivity index (χ2n) is 5.59. The van der Waals surface area contributed by atoms with E-state index in [1.54, 1.807) is 0 Å². The minimum absolute atomic E-state index is 0.158. The van der Waals surface area contributed by atoms with Crippen molar-refractivity contribution >= 4 is 0 Å².